The quantitative estimate of drug-likeness (QED) is 0.819. The third-order valence-electron chi connectivity index (χ3n) is 2.70. The van der Waals surface area contributed by atoms with Gasteiger partial charge in [-0.15, -0.1) is 0 Å². The molecule has 0 saturated carbocycles. The number of carboxylic acids is 1. The van der Waals surface area contributed by atoms with Crippen LogP contribution in [0.1, 0.15) is 5.56 Å². The second-order valence-corrected chi connectivity index (χ2v) is 3.83. The van der Waals surface area contributed by atoms with Crippen molar-refractivity contribution in [1.82, 2.24) is 0 Å². The normalized spacial score (nSPS) is 11.7. The van der Waals surface area contributed by atoms with Gasteiger partial charge in [0.2, 0.25) is 0 Å². The van der Waals surface area contributed by atoms with Gasteiger partial charge in [0, 0.05) is 13.5 Å². The molecule has 0 heterocycles. The Kier molecular flexibility index (Phi) is 3.19. The summed E-state index contributed by atoms with van der Waals surface area (Å²) in [4.78, 5) is 14.6. The molecule has 0 saturated heterocycles. The topological polar surface area (TPSA) is 49.7 Å². The van der Waals surface area contributed by atoms with Crippen molar-refractivity contribution < 1.29 is 9.90 Å². The van der Waals surface area contributed by atoms with Gasteiger partial charge >= 0.3 is 5.97 Å². The van der Waals surface area contributed by atoms with Gasteiger partial charge in [0.1, 0.15) is 5.71 Å². The van der Waals surface area contributed by atoms with E-state index in [1.807, 2.05) is 42.5 Å². The Labute approximate surface area is 99.4 Å². The lowest BCUT2D eigenvalue weighted by Gasteiger charge is -2.03. The molecule has 2 aromatic carbocycles. The Morgan fingerprint density at radius 3 is 2.53 bits per heavy atom. The molecule has 0 amide bonds. The molecule has 1 N–H and O–H groups in total. The minimum absolute atomic E-state index is 0.181. The Morgan fingerprint density at radius 2 is 1.88 bits per heavy atom. The van der Waals surface area contributed by atoms with Gasteiger partial charge < -0.3 is 5.11 Å². The van der Waals surface area contributed by atoms with Crippen molar-refractivity contribution in [2.45, 2.75) is 6.42 Å². The molecule has 0 aliphatic heterocycles. The highest BCUT2D eigenvalue weighted by atomic mass is 16.4. The highest BCUT2D eigenvalue weighted by molar-refractivity contribution is 6.36. The fourth-order valence-electron chi connectivity index (χ4n) is 1.79. The molecule has 0 aromatic heterocycles. The second-order valence-electron chi connectivity index (χ2n) is 3.83. The smallest absolute Gasteiger partial charge is 0.350 e. The van der Waals surface area contributed by atoms with E-state index in [-0.39, 0.29) is 5.71 Å². The molecule has 0 aliphatic carbocycles. The second kappa shape index (κ2) is 4.78. The number of benzene rings is 2. The summed E-state index contributed by atoms with van der Waals surface area (Å²) in [5.41, 5.74) is 1.15. The predicted molar refractivity (Wildman–Crippen MR) is 68.6 cm³/mol. The van der Waals surface area contributed by atoms with E-state index in [0.717, 1.165) is 16.3 Å². The van der Waals surface area contributed by atoms with E-state index in [1.54, 1.807) is 0 Å². The Bertz CT molecular complexity index is 588. The fourth-order valence-corrected chi connectivity index (χ4v) is 1.79. The lowest BCUT2D eigenvalue weighted by atomic mass is 10.0. The Morgan fingerprint density at radius 1 is 1.18 bits per heavy atom. The summed E-state index contributed by atoms with van der Waals surface area (Å²) in [6, 6.07) is 13.9. The lowest BCUT2D eigenvalue weighted by Crippen LogP contribution is -2.15. The molecule has 86 valence electrons. The van der Waals surface area contributed by atoms with E-state index in [9.17, 15) is 4.79 Å². The molecular weight excluding hydrogens is 214 g/mol. The van der Waals surface area contributed by atoms with E-state index >= 15 is 0 Å². The number of carboxylic acid groups (broad SMARTS) is 1. The number of hydrogen-bond acceptors (Lipinski definition) is 2. The Hall–Kier alpha value is -2.16. The van der Waals surface area contributed by atoms with Crippen molar-refractivity contribution in [3.8, 4) is 0 Å². The number of hydrogen-bond donors (Lipinski definition) is 1. The first-order chi connectivity index (χ1) is 8.20. The van der Waals surface area contributed by atoms with Crippen LogP contribution < -0.4 is 0 Å². The molecule has 0 atom stereocenters. The van der Waals surface area contributed by atoms with Crippen molar-refractivity contribution in [3.05, 3.63) is 48.0 Å². The molecule has 0 bridgehead atoms. The maximum atomic E-state index is 10.9. The van der Waals surface area contributed by atoms with Gasteiger partial charge in [-0.05, 0) is 16.3 Å². The van der Waals surface area contributed by atoms with Gasteiger partial charge in [-0.3, -0.25) is 4.99 Å². The third-order valence-corrected chi connectivity index (χ3v) is 2.70. The summed E-state index contributed by atoms with van der Waals surface area (Å²) in [5.74, 6) is -0.958. The molecule has 2 aromatic rings. The summed E-state index contributed by atoms with van der Waals surface area (Å²) in [6.45, 7) is 0. The molecule has 17 heavy (non-hydrogen) atoms. The molecule has 0 fully saturated rings. The zero-order valence-electron chi connectivity index (χ0n) is 9.55. The van der Waals surface area contributed by atoms with Gasteiger partial charge in [0.05, 0.1) is 0 Å². The Balaban J connectivity index is 2.34. The van der Waals surface area contributed by atoms with Crippen LogP contribution in [0.4, 0.5) is 0 Å². The monoisotopic (exact) mass is 227 g/mol. The van der Waals surface area contributed by atoms with Gasteiger partial charge in [0.15, 0.2) is 0 Å². The lowest BCUT2D eigenvalue weighted by molar-refractivity contribution is -0.129. The average molecular weight is 227 g/mol. The van der Waals surface area contributed by atoms with Gasteiger partial charge in [-0.25, -0.2) is 4.79 Å². The van der Waals surface area contributed by atoms with Gasteiger partial charge in [-0.2, -0.15) is 0 Å². The van der Waals surface area contributed by atoms with Crippen LogP contribution in [0.25, 0.3) is 10.8 Å². The number of nitrogens with zero attached hydrogens (tertiary/aromatic N) is 1. The first-order valence-electron chi connectivity index (χ1n) is 5.37. The summed E-state index contributed by atoms with van der Waals surface area (Å²) in [5, 5.41) is 11.2. The summed E-state index contributed by atoms with van der Waals surface area (Å²) in [6.07, 6.45) is 0.358. The maximum absolute atomic E-state index is 10.9. The SMILES string of the molecule is CN=C(Cc1ccc2ccccc2c1)C(=O)O. The highest BCUT2D eigenvalue weighted by Crippen LogP contribution is 2.16. The van der Waals surface area contributed by atoms with E-state index in [0.29, 0.717) is 6.42 Å². The van der Waals surface area contributed by atoms with Crippen LogP contribution in [0.2, 0.25) is 0 Å². The first-order valence-corrected chi connectivity index (χ1v) is 5.37. The molecule has 0 unspecified atom stereocenters. The van der Waals surface area contributed by atoms with E-state index in [2.05, 4.69) is 4.99 Å². The van der Waals surface area contributed by atoms with Crippen molar-refractivity contribution in [2.75, 3.05) is 7.05 Å². The van der Waals surface area contributed by atoms with Gasteiger partial charge in [-0.1, -0.05) is 42.5 Å². The molecule has 0 radical (unpaired) electrons. The minimum Gasteiger partial charge on any atom is -0.477 e. The summed E-state index contributed by atoms with van der Waals surface area (Å²) >= 11 is 0. The third kappa shape index (κ3) is 2.50. The molecule has 3 heteroatoms. The highest BCUT2D eigenvalue weighted by Gasteiger charge is 2.09. The van der Waals surface area contributed by atoms with Crippen molar-refractivity contribution in [3.63, 3.8) is 0 Å². The van der Waals surface area contributed by atoms with Crippen molar-refractivity contribution >= 4 is 22.5 Å². The number of fused-ring (bicyclic) bond motifs is 1. The van der Waals surface area contributed by atoms with E-state index in [4.69, 9.17) is 5.11 Å². The minimum atomic E-state index is -0.958. The largest absolute Gasteiger partial charge is 0.477 e. The van der Waals surface area contributed by atoms with Crippen LogP contribution in [-0.2, 0) is 11.2 Å². The van der Waals surface area contributed by atoms with Crippen LogP contribution in [-0.4, -0.2) is 23.8 Å². The van der Waals surface area contributed by atoms with E-state index < -0.39 is 5.97 Å². The molecular formula is C14H13NO2. The zero-order chi connectivity index (χ0) is 12.3. The van der Waals surface area contributed by atoms with Crippen LogP contribution in [0, 0.1) is 0 Å². The number of carbonyl (C=O) groups is 1. The molecule has 0 aliphatic rings. The molecule has 2 rings (SSSR count). The number of aliphatic carboxylic acids is 1. The van der Waals surface area contributed by atoms with Gasteiger partial charge in [0.25, 0.3) is 0 Å². The van der Waals surface area contributed by atoms with Crippen LogP contribution in [0.15, 0.2) is 47.5 Å². The first kappa shape index (κ1) is 11.3. The summed E-state index contributed by atoms with van der Waals surface area (Å²) in [7, 11) is 1.50. The average Bonchev–Trinajstić information content (AvgIpc) is 2.35. The zero-order valence-corrected chi connectivity index (χ0v) is 9.55. The van der Waals surface area contributed by atoms with E-state index in [1.165, 1.54) is 7.05 Å². The van der Waals surface area contributed by atoms with Crippen LogP contribution in [0.3, 0.4) is 0 Å². The van der Waals surface area contributed by atoms with Crippen LogP contribution in [0.5, 0.6) is 0 Å². The van der Waals surface area contributed by atoms with Crippen molar-refractivity contribution in [2.24, 2.45) is 4.99 Å². The van der Waals surface area contributed by atoms with Crippen molar-refractivity contribution in [1.29, 1.82) is 0 Å². The molecule has 3 nitrogen and oxygen atoms in total. The number of rotatable bonds is 3. The maximum Gasteiger partial charge on any atom is 0.350 e. The number of aliphatic imine (C=N–C) groups is 1. The standard InChI is InChI=1S/C14H13NO2/c1-15-13(14(16)17)9-10-6-7-11-4-2-3-5-12(11)8-10/h2-8H,9H2,1H3,(H,16,17). The molecule has 0 spiro atoms. The summed E-state index contributed by atoms with van der Waals surface area (Å²) < 4.78 is 0. The predicted octanol–water partition coefficient (Wildman–Crippen LogP) is 2.54. The van der Waals surface area contributed by atoms with Crippen LogP contribution >= 0.6 is 0 Å². The fraction of sp³-hybridized carbons (Fsp3) is 0.143.